The van der Waals surface area contributed by atoms with Gasteiger partial charge in [-0.25, -0.2) is 4.99 Å². The molecule has 8 nitrogen and oxygen atoms in total. The molecule has 31 heavy (non-hydrogen) atoms. The smallest absolute Gasteiger partial charge is 0.243 e. The first-order chi connectivity index (χ1) is 14.5. The average Bonchev–Trinajstić information content (AvgIpc) is 3.17. The molecular weight excluding hydrogens is 529 g/mol. The molecule has 0 spiro atoms. The highest BCUT2D eigenvalue weighted by Gasteiger charge is 2.24. The summed E-state index contributed by atoms with van der Waals surface area (Å²) in [5.41, 5.74) is 0. The molecule has 1 unspecified atom stereocenters. The average molecular weight is 568 g/mol. The molecule has 1 fully saturated rings. The number of halogens is 1. The topological polar surface area (TPSA) is 78.4 Å². The molecule has 1 atom stereocenters. The first-order valence-electron chi connectivity index (χ1n) is 10.7. The van der Waals surface area contributed by atoms with Gasteiger partial charge in [0.25, 0.3) is 0 Å². The lowest BCUT2D eigenvalue weighted by Crippen LogP contribution is -2.46. The number of amides is 1. The second kappa shape index (κ2) is 15.8. The Morgan fingerprint density at radius 1 is 1.32 bits per heavy atom. The zero-order valence-corrected chi connectivity index (χ0v) is 22.3. The Hall–Kier alpha value is -0.950. The molecule has 1 saturated heterocycles. The fraction of sp³-hybridized carbons (Fsp3) is 0.714. The number of hydrogen-bond acceptors (Lipinski definition) is 6. The Morgan fingerprint density at radius 3 is 2.68 bits per heavy atom. The highest BCUT2D eigenvalue weighted by Crippen LogP contribution is 2.27. The first-order valence-corrected chi connectivity index (χ1v) is 11.5. The van der Waals surface area contributed by atoms with Crippen LogP contribution < -0.4 is 10.6 Å². The van der Waals surface area contributed by atoms with Gasteiger partial charge in [-0.2, -0.15) is 0 Å². The number of likely N-dealkylation sites (N-methyl/N-ethyl adjacent to an activating group) is 1. The van der Waals surface area contributed by atoms with E-state index in [0.717, 1.165) is 45.9 Å². The highest BCUT2D eigenvalue weighted by atomic mass is 127. The van der Waals surface area contributed by atoms with E-state index in [1.165, 1.54) is 9.75 Å². The predicted octanol–water partition coefficient (Wildman–Crippen LogP) is 2.10. The number of hydrogen-bond donors (Lipinski definition) is 2. The van der Waals surface area contributed by atoms with E-state index >= 15 is 0 Å². The maximum absolute atomic E-state index is 12.0. The lowest BCUT2D eigenvalue weighted by atomic mass is 10.2. The summed E-state index contributed by atoms with van der Waals surface area (Å²) in [6, 6.07) is 4.63. The lowest BCUT2D eigenvalue weighted by Gasteiger charge is -2.34. The summed E-state index contributed by atoms with van der Waals surface area (Å²) in [6.45, 7) is 10.5. The molecule has 1 aromatic rings. The summed E-state index contributed by atoms with van der Waals surface area (Å²) < 4.78 is 10.9. The maximum atomic E-state index is 12.0. The van der Waals surface area contributed by atoms with Crippen LogP contribution in [-0.2, 0) is 14.3 Å². The van der Waals surface area contributed by atoms with Crippen molar-refractivity contribution in [2.24, 2.45) is 4.99 Å². The normalized spacial score (nSPS) is 15.8. The van der Waals surface area contributed by atoms with Crippen molar-refractivity contribution in [3.8, 4) is 0 Å². The van der Waals surface area contributed by atoms with Gasteiger partial charge in [-0.15, -0.1) is 35.3 Å². The number of rotatable bonds is 11. The van der Waals surface area contributed by atoms with E-state index in [-0.39, 0.29) is 42.5 Å². The summed E-state index contributed by atoms with van der Waals surface area (Å²) in [6.07, 6.45) is 0.882. The lowest BCUT2D eigenvalue weighted by molar-refractivity contribution is -0.127. The predicted molar refractivity (Wildman–Crippen MR) is 138 cm³/mol. The van der Waals surface area contributed by atoms with Crippen LogP contribution in [0.15, 0.2) is 17.1 Å². The van der Waals surface area contributed by atoms with Gasteiger partial charge in [0.05, 0.1) is 19.3 Å². The van der Waals surface area contributed by atoms with E-state index in [9.17, 15) is 4.79 Å². The Kier molecular flexibility index (Phi) is 14.3. The Labute approximate surface area is 207 Å². The van der Waals surface area contributed by atoms with E-state index < -0.39 is 0 Å². The Bertz CT molecular complexity index is 665. The number of nitrogens with zero attached hydrogens (tertiary/aromatic N) is 3. The number of aliphatic imine (C=N–C) groups is 1. The molecular formula is C21H38IN5O3S. The second-order valence-electron chi connectivity index (χ2n) is 7.42. The van der Waals surface area contributed by atoms with Gasteiger partial charge in [0.15, 0.2) is 5.96 Å². The van der Waals surface area contributed by atoms with E-state index in [4.69, 9.17) is 9.47 Å². The molecule has 2 rings (SSSR count). The van der Waals surface area contributed by atoms with Crippen LogP contribution in [0.5, 0.6) is 0 Å². The largest absolute Gasteiger partial charge is 0.382 e. The third kappa shape index (κ3) is 10.5. The molecule has 1 aliphatic rings. The monoisotopic (exact) mass is 567 g/mol. The second-order valence-corrected chi connectivity index (χ2v) is 8.74. The van der Waals surface area contributed by atoms with Gasteiger partial charge in [-0.1, -0.05) is 0 Å². The molecule has 1 aromatic heterocycles. The zero-order chi connectivity index (χ0) is 21.8. The summed E-state index contributed by atoms with van der Waals surface area (Å²) in [5.74, 6) is 0.636. The van der Waals surface area contributed by atoms with Crippen molar-refractivity contribution in [3.63, 3.8) is 0 Å². The SMILES string of the molecule is CCOCCCNC(=NCC(=O)N(C)C)NCC(c1ccc(C)s1)N1CCOCC1.I. The summed E-state index contributed by atoms with van der Waals surface area (Å²) in [7, 11) is 3.49. The number of aryl methyl sites for hydroxylation is 1. The first kappa shape index (κ1) is 28.1. The summed E-state index contributed by atoms with van der Waals surface area (Å²) in [4.78, 5) is 23.2. The van der Waals surface area contributed by atoms with Gasteiger partial charge in [0.2, 0.25) is 5.91 Å². The number of nitrogens with one attached hydrogen (secondary N) is 2. The van der Waals surface area contributed by atoms with Crippen LogP contribution in [0.1, 0.15) is 29.1 Å². The zero-order valence-electron chi connectivity index (χ0n) is 19.2. The number of ether oxygens (including phenoxy) is 2. The third-order valence-electron chi connectivity index (χ3n) is 4.87. The third-order valence-corrected chi connectivity index (χ3v) is 5.97. The van der Waals surface area contributed by atoms with Crippen LogP contribution in [-0.4, -0.2) is 94.9 Å². The Morgan fingerprint density at radius 2 is 2.06 bits per heavy atom. The highest BCUT2D eigenvalue weighted by molar-refractivity contribution is 14.0. The molecule has 0 aliphatic carbocycles. The van der Waals surface area contributed by atoms with Crippen LogP contribution in [0.3, 0.4) is 0 Å². The molecule has 10 heteroatoms. The fourth-order valence-corrected chi connectivity index (χ4v) is 4.12. The molecule has 0 bridgehead atoms. The van der Waals surface area contributed by atoms with Crippen molar-refractivity contribution in [3.05, 3.63) is 21.9 Å². The van der Waals surface area contributed by atoms with Crippen molar-refractivity contribution in [1.82, 2.24) is 20.4 Å². The van der Waals surface area contributed by atoms with Gasteiger partial charge in [0, 0.05) is 63.2 Å². The minimum absolute atomic E-state index is 0. The molecule has 1 amide bonds. The van der Waals surface area contributed by atoms with Crippen molar-refractivity contribution >= 4 is 47.2 Å². The van der Waals surface area contributed by atoms with E-state index in [0.29, 0.717) is 19.1 Å². The minimum Gasteiger partial charge on any atom is -0.382 e. The van der Waals surface area contributed by atoms with Gasteiger partial charge >= 0.3 is 0 Å². The molecule has 0 aromatic carbocycles. The van der Waals surface area contributed by atoms with Crippen LogP contribution in [0.25, 0.3) is 0 Å². The molecule has 1 aliphatic heterocycles. The van der Waals surface area contributed by atoms with E-state index in [1.807, 2.05) is 18.3 Å². The van der Waals surface area contributed by atoms with E-state index in [2.05, 4.69) is 39.6 Å². The number of carbonyl (C=O) groups excluding carboxylic acids is 1. The van der Waals surface area contributed by atoms with Crippen molar-refractivity contribution < 1.29 is 14.3 Å². The molecule has 0 radical (unpaired) electrons. The van der Waals surface area contributed by atoms with Crippen LogP contribution in [0.4, 0.5) is 0 Å². The minimum atomic E-state index is -0.0240. The number of guanidine groups is 1. The Balaban J connectivity index is 0.00000480. The van der Waals surface area contributed by atoms with Crippen LogP contribution in [0.2, 0.25) is 0 Å². The van der Waals surface area contributed by atoms with Gasteiger partial charge < -0.3 is 25.0 Å². The van der Waals surface area contributed by atoms with Crippen molar-refractivity contribution in [1.29, 1.82) is 0 Å². The standard InChI is InChI=1S/C21H37N5O3S.HI/c1-5-28-12-6-9-22-21(24-16-20(27)25(3)4)23-15-18(19-8-7-17(2)30-19)26-10-13-29-14-11-26;/h7-8,18H,5-6,9-16H2,1-4H3,(H2,22,23,24);1H. The summed E-state index contributed by atoms with van der Waals surface area (Å²) in [5, 5.41) is 6.80. The maximum Gasteiger partial charge on any atom is 0.243 e. The van der Waals surface area contributed by atoms with Gasteiger partial charge in [-0.3, -0.25) is 9.69 Å². The van der Waals surface area contributed by atoms with Crippen molar-refractivity contribution in [2.75, 3.05) is 73.2 Å². The van der Waals surface area contributed by atoms with E-state index in [1.54, 1.807) is 19.0 Å². The van der Waals surface area contributed by atoms with Gasteiger partial charge in [0.1, 0.15) is 6.54 Å². The van der Waals surface area contributed by atoms with Crippen LogP contribution >= 0.6 is 35.3 Å². The fourth-order valence-electron chi connectivity index (χ4n) is 3.11. The molecule has 2 N–H and O–H groups in total. The molecule has 178 valence electrons. The van der Waals surface area contributed by atoms with Gasteiger partial charge in [-0.05, 0) is 32.4 Å². The summed E-state index contributed by atoms with van der Waals surface area (Å²) >= 11 is 1.83. The molecule has 2 heterocycles. The number of carbonyl (C=O) groups is 1. The van der Waals surface area contributed by atoms with Crippen LogP contribution in [0, 0.1) is 6.92 Å². The number of morpholine rings is 1. The quantitative estimate of drug-likeness (QED) is 0.185. The van der Waals surface area contributed by atoms with Crippen molar-refractivity contribution in [2.45, 2.75) is 26.3 Å². The molecule has 0 saturated carbocycles. The number of thiophene rings is 1.